The molecule has 0 unspecified atom stereocenters. The molecule has 0 aromatic heterocycles. The number of anilines is 2. The Labute approximate surface area is 247 Å². The van der Waals surface area contributed by atoms with Crippen LogP contribution in [0, 0.1) is 6.92 Å². The quantitative estimate of drug-likeness (QED) is 0.198. The summed E-state index contributed by atoms with van der Waals surface area (Å²) >= 11 is 0. The van der Waals surface area contributed by atoms with Crippen molar-refractivity contribution in [3.63, 3.8) is 0 Å². The van der Waals surface area contributed by atoms with E-state index in [1.54, 1.807) is 19.1 Å². The fourth-order valence-corrected chi connectivity index (χ4v) is 4.47. The molecule has 0 aliphatic heterocycles. The Balaban J connectivity index is 1.74. The first-order valence-corrected chi connectivity index (χ1v) is 14.1. The highest BCUT2D eigenvalue weighted by atomic mass is 16.5. The van der Waals surface area contributed by atoms with E-state index in [2.05, 4.69) is 31.4 Å². The third kappa shape index (κ3) is 7.49. The van der Waals surface area contributed by atoms with Crippen LogP contribution in [0.3, 0.4) is 0 Å². The molecule has 218 valence electrons. The second-order valence-corrected chi connectivity index (χ2v) is 10.9. The Morgan fingerprint density at radius 3 is 2.07 bits per heavy atom. The van der Waals surface area contributed by atoms with E-state index in [-0.39, 0.29) is 12.0 Å². The summed E-state index contributed by atoms with van der Waals surface area (Å²) in [5.41, 5.74) is 4.97. The number of rotatable bonds is 9. The van der Waals surface area contributed by atoms with Gasteiger partial charge in [0.15, 0.2) is 5.75 Å². The molecule has 0 atom stereocenters. The minimum atomic E-state index is -0.461. The summed E-state index contributed by atoms with van der Waals surface area (Å²) in [6.45, 7) is 12.7. The Morgan fingerprint density at radius 1 is 0.738 bits per heavy atom. The largest absolute Gasteiger partial charge is 0.493 e. The van der Waals surface area contributed by atoms with Gasteiger partial charge in [0.2, 0.25) is 0 Å². The number of carbonyl (C=O) groups is 2. The lowest BCUT2D eigenvalue weighted by Gasteiger charge is -2.23. The number of hydrogen-bond acceptors (Lipinski definition) is 5. The van der Waals surface area contributed by atoms with Gasteiger partial charge in [-0.25, -0.2) is 9.59 Å². The standard InChI is InChI=1S/C35H38N2O5/c1-7-40-30-19-15-24(21-27(30)33(38)41-8-2)25-16-20-32(42-31-12-10-9-11-28(31)35(4,5)6)29(22-25)37-34(39)36-26-17-13-23(3)14-18-26/h9-22H,7-8H2,1-6H3,(H2,36,37,39). The third-order valence-corrected chi connectivity index (χ3v) is 6.56. The molecule has 2 amide bonds. The van der Waals surface area contributed by atoms with E-state index in [0.29, 0.717) is 40.8 Å². The first-order chi connectivity index (χ1) is 20.1. The molecule has 7 heteroatoms. The van der Waals surface area contributed by atoms with Gasteiger partial charge < -0.3 is 24.8 Å². The fraction of sp³-hybridized carbons (Fsp3) is 0.257. The molecule has 42 heavy (non-hydrogen) atoms. The molecule has 0 radical (unpaired) electrons. The van der Waals surface area contributed by atoms with Gasteiger partial charge in [0.05, 0.1) is 18.9 Å². The van der Waals surface area contributed by atoms with Crippen LogP contribution in [0.15, 0.2) is 84.9 Å². The zero-order valence-electron chi connectivity index (χ0n) is 25.0. The number of ether oxygens (including phenoxy) is 3. The molecule has 0 saturated heterocycles. The van der Waals surface area contributed by atoms with Crippen LogP contribution in [0.25, 0.3) is 11.1 Å². The Bertz CT molecular complexity index is 1550. The first kappa shape index (κ1) is 30.2. The number of amides is 2. The zero-order chi connectivity index (χ0) is 30.3. The van der Waals surface area contributed by atoms with Crippen molar-refractivity contribution in [1.82, 2.24) is 0 Å². The van der Waals surface area contributed by atoms with Gasteiger partial charge in [-0.2, -0.15) is 0 Å². The van der Waals surface area contributed by atoms with Crippen LogP contribution < -0.4 is 20.1 Å². The van der Waals surface area contributed by atoms with Gasteiger partial charge in [-0.05, 0) is 79.8 Å². The van der Waals surface area contributed by atoms with Gasteiger partial charge in [-0.15, -0.1) is 0 Å². The van der Waals surface area contributed by atoms with Gasteiger partial charge in [0, 0.05) is 11.3 Å². The average Bonchev–Trinajstić information content (AvgIpc) is 2.95. The van der Waals surface area contributed by atoms with Crippen LogP contribution in [0.2, 0.25) is 0 Å². The summed E-state index contributed by atoms with van der Waals surface area (Å²) < 4.78 is 17.4. The van der Waals surface area contributed by atoms with E-state index in [1.165, 1.54) is 0 Å². The van der Waals surface area contributed by atoms with Crippen LogP contribution in [-0.2, 0) is 10.2 Å². The number of esters is 1. The molecular weight excluding hydrogens is 528 g/mol. The Morgan fingerprint density at radius 2 is 1.40 bits per heavy atom. The molecular formula is C35H38N2O5. The number of hydrogen-bond donors (Lipinski definition) is 2. The highest BCUT2D eigenvalue weighted by Gasteiger charge is 2.21. The molecule has 0 aliphatic carbocycles. The summed E-state index contributed by atoms with van der Waals surface area (Å²) in [6, 6.07) is 25.9. The molecule has 0 spiro atoms. The lowest BCUT2D eigenvalue weighted by Crippen LogP contribution is -2.20. The van der Waals surface area contributed by atoms with Crippen molar-refractivity contribution in [1.29, 1.82) is 0 Å². The molecule has 0 aliphatic rings. The second-order valence-electron chi connectivity index (χ2n) is 10.9. The number of carbonyl (C=O) groups excluding carboxylic acids is 2. The number of urea groups is 1. The maximum absolute atomic E-state index is 13.1. The normalized spacial score (nSPS) is 11.0. The van der Waals surface area contributed by atoms with Gasteiger partial charge in [0.25, 0.3) is 0 Å². The Hall–Kier alpha value is -4.78. The fourth-order valence-electron chi connectivity index (χ4n) is 4.47. The van der Waals surface area contributed by atoms with E-state index >= 15 is 0 Å². The Kier molecular flexibility index (Phi) is 9.53. The molecule has 0 heterocycles. The summed E-state index contributed by atoms with van der Waals surface area (Å²) in [7, 11) is 0. The van der Waals surface area contributed by atoms with E-state index in [4.69, 9.17) is 14.2 Å². The molecule has 7 nitrogen and oxygen atoms in total. The number of nitrogens with one attached hydrogen (secondary N) is 2. The van der Waals surface area contributed by atoms with E-state index in [9.17, 15) is 9.59 Å². The third-order valence-electron chi connectivity index (χ3n) is 6.56. The lowest BCUT2D eigenvalue weighted by molar-refractivity contribution is 0.0522. The maximum atomic E-state index is 13.1. The highest BCUT2D eigenvalue weighted by molar-refractivity contribution is 6.01. The molecule has 0 fully saturated rings. The molecule has 0 bridgehead atoms. The van der Waals surface area contributed by atoms with Crippen molar-refractivity contribution >= 4 is 23.4 Å². The molecule has 4 aromatic rings. The van der Waals surface area contributed by atoms with Crippen LogP contribution in [-0.4, -0.2) is 25.2 Å². The molecule has 4 rings (SSSR count). The van der Waals surface area contributed by atoms with Crippen molar-refractivity contribution in [3.8, 4) is 28.4 Å². The lowest BCUT2D eigenvalue weighted by atomic mass is 9.86. The summed E-state index contributed by atoms with van der Waals surface area (Å²) in [6.07, 6.45) is 0. The predicted octanol–water partition coefficient (Wildman–Crippen LogP) is 8.97. The van der Waals surface area contributed by atoms with Crippen molar-refractivity contribution in [2.24, 2.45) is 0 Å². The SMILES string of the molecule is CCOC(=O)c1cc(-c2ccc(Oc3ccccc3C(C)(C)C)c(NC(=O)Nc3ccc(C)cc3)c2)ccc1OCC. The predicted molar refractivity (Wildman–Crippen MR) is 168 cm³/mol. The smallest absolute Gasteiger partial charge is 0.341 e. The maximum Gasteiger partial charge on any atom is 0.341 e. The highest BCUT2D eigenvalue weighted by Crippen LogP contribution is 2.39. The summed E-state index contributed by atoms with van der Waals surface area (Å²) in [5.74, 6) is 1.17. The van der Waals surface area contributed by atoms with E-state index in [0.717, 1.165) is 22.3 Å². The number of benzene rings is 4. The molecule has 4 aromatic carbocycles. The molecule has 2 N–H and O–H groups in total. The second kappa shape index (κ2) is 13.3. The van der Waals surface area contributed by atoms with Crippen LogP contribution in [0.1, 0.15) is 56.1 Å². The van der Waals surface area contributed by atoms with Crippen LogP contribution in [0.5, 0.6) is 17.2 Å². The first-order valence-electron chi connectivity index (χ1n) is 14.1. The van der Waals surface area contributed by atoms with E-state index < -0.39 is 12.0 Å². The van der Waals surface area contributed by atoms with Gasteiger partial charge in [-0.3, -0.25) is 0 Å². The van der Waals surface area contributed by atoms with Gasteiger partial charge in [-0.1, -0.05) is 68.8 Å². The molecule has 0 saturated carbocycles. The van der Waals surface area contributed by atoms with Crippen molar-refractivity contribution in [2.75, 3.05) is 23.8 Å². The van der Waals surface area contributed by atoms with Crippen LogP contribution >= 0.6 is 0 Å². The van der Waals surface area contributed by atoms with Gasteiger partial charge >= 0.3 is 12.0 Å². The zero-order valence-corrected chi connectivity index (χ0v) is 25.0. The summed E-state index contributed by atoms with van der Waals surface area (Å²) in [4.78, 5) is 25.8. The monoisotopic (exact) mass is 566 g/mol. The minimum Gasteiger partial charge on any atom is -0.493 e. The van der Waals surface area contributed by atoms with Crippen molar-refractivity contribution in [2.45, 2.75) is 47.0 Å². The van der Waals surface area contributed by atoms with Crippen LogP contribution in [0.4, 0.5) is 16.2 Å². The van der Waals surface area contributed by atoms with Gasteiger partial charge in [0.1, 0.15) is 17.1 Å². The number of aryl methyl sites for hydroxylation is 1. The minimum absolute atomic E-state index is 0.154. The van der Waals surface area contributed by atoms with E-state index in [1.807, 2.05) is 86.6 Å². The topological polar surface area (TPSA) is 85.9 Å². The van der Waals surface area contributed by atoms with Crippen molar-refractivity contribution in [3.05, 3.63) is 102 Å². The average molecular weight is 567 g/mol. The van der Waals surface area contributed by atoms with Crippen molar-refractivity contribution < 1.29 is 23.8 Å². The summed E-state index contributed by atoms with van der Waals surface area (Å²) in [5, 5.41) is 5.84. The number of para-hydroxylation sites is 1.